The predicted octanol–water partition coefficient (Wildman–Crippen LogP) is 5.29. The van der Waals surface area contributed by atoms with Crippen LogP contribution in [0.4, 0.5) is 4.39 Å². The summed E-state index contributed by atoms with van der Waals surface area (Å²) < 4.78 is 24.7. The van der Waals surface area contributed by atoms with Gasteiger partial charge in [0.1, 0.15) is 17.3 Å². The zero-order valence-electron chi connectivity index (χ0n) is 20.1. The van der Waals surface area contributed by atoms with Gasteiger partial charge < -0.3 is 14.4 Å². The van der Waals surface area contributed by atoms with E-state index in [0.29, 0.717) is 12.3 Å². The number of carbonyl (C=O) groups is 1. The highest BCUT2D eigenvalue weighted by Gasteiger charge is 2.32. The van der Waals surface area contributed by atoms with Crippen LogP contribution in [0.25, 0.3) is 0 Å². The van der Waals surface area contributed by atoms with Gasteiger partial charge in [0, 0.05) is 31.7 Å². The predicted molar refractivity (Wildman–Crippen MR) is 129 cm³/mol. The Hall–Kier alpha value is -2.60. The van der Waals surface area contributed by atoms with Crippen LogP contribution >= 0.6 is 0 Å². The summed E-state index contributed by atoms with van der Waals surface area (Å²) in [5.41, 5.74) is 1.08. The molecule has 1 saturated heterocycles. The lowest BCUT2D eigenvalue weighted by molar-refractivity contribution is -0.139. The Morgan fingerprint density at radius 1 is 0.909 bits per heavy atom. The molecule has 2 aromatic carbocycles. The van der Waals surface area contributed by atoms with E-state index in [1.807, 2.05) is 41.3 Å². The first-order valence-corrected chi connectivity index (χ1v) is 12.1. The van der Waals surface area contributed by atoms with Gasteiger partial charge in [-0.1, -0.05) is 38.3 Å². The average Bonchev–Trinajstić information content (AvgIpc) is 2.81. The number of unbranched alkanes of at least 4 members (excludes halogenated alkanes) is 3. The highest BCUT2D eigenvalue weighted by atomic mass is 19.1. The van der Waals surface area contributed by atoms with Crippen LogP contribution < -0.4 is 9.47 Å². The Morgan fingerprint density at radius 2 is 1.58 bits per heavy atom. The molecule has 6 heteroatoms. The summed E-state index contributed by atoms with van der Waals surface area (Å²) in [5.74, 6) is 1.26. The second kappa shape index (κ2) is 12.6. The van der Waals surface area contributed by atoms with E-state index >= 15 is 0 Å². The molecule has 5 nitrogen and oxygen atoms in total. The van der Waals surface area contributed by atoms with Crippen LogP contribution in [0, 0.1) is 5.82 Å². The second-order valence-corrected chi connectivity index (χ2v) is 8.97. The van der Waals surface area contributed by atoms with Crippen molar-refractivity contribution in [1.29, 1.82) is 0 Å². The van der Waals surface area contributed by atoms with Crippen molar-refractivity contribution in [2.45, 2.75) is 65.1 Å². The van der Waals surface area contributed by atoms with Crippen LogP contribution in [0.1, 0.15) is 52.0 Å². The number of hydrogen-bond donors (Lipinski definition) is 0. The van der Waals surface area contributed by atoms with E-state index in [4.69, 9.17) is 9.47 Å². The van der Waals surface area contributed by atoms with Crippen molar-refractivity contribution >= 4 is 5.91 Å². The summed E-state index contributed by atoms with van der Waals surface area (Å²) >= 11 is 0. The van der Waals surface area contributed by atoms with Gasteiger partial charge in [-0.15, -0.1) is 0 Å². The Morgan fingerprint density at radius 3 is 2.24 bits per heavy atom. The normalized spacial score (nSPS) is 18.8. The van der Waals surface area contributed by atoms with Gasteiger partial charge in [-0.2, -0.15) is 0 Å². The molecule has 2 atom stereocenters. The first-order chi connectivity index (χ1) is 16.0. The van der Waals surface area contributed by atoms with E-state index in [9.17, 15) is 9.18 Å². The topological polar surface area (TPSA) is 42.0 Å². The molecule has 1 aliphatic heterocycles. The third kappa shape index (κ3) is 7.74. The molecule has 33 heavy (non-hydrogen) atoms. The van der Waals surface area contributed by atoms with Crippen molar-refractivity contribution < 1.29 is 18.7 Å². The fraction of sp³-hybridized carbons (Fsp3) is 0.519. The van der Waals surface area contributed by atoms with Gasteiger partial charge >= 0.3 is 0 Å². The molecule has 1 amide bonds. The molecule has 0 saturated carbocycles. The Labute approximate surface area is 197 Å². The first-order valence-electron chi connectivity index (χ1n) is 12.1. The van der Waals surface area contributed by atoms with Crippen molar-refractivity contribution in [3.63, 3.8) is 0 Å². The second-order valence-electron chi connectivity index (χ2n) is 8.97. The largest absolute Gasteiger partial charge is 0.494 e. The van der Waals surface area contributed by atoms with Crippen LogP contribution in [0.3, 0.4) is 0 Å². The van der Waals surface area contributed by atoms with Gasteiger partial charge in [-0.25, -0.2) is 4.39 Å². The molecule has 1 fully saturated rings. The van der Waals surface area contributed by atoms with E-state index in [0.717, 1.165) is 37.4 Å². The minimum absolute atomic E-state index is 0.00738. The maximum Gasteiger partial charge on any atom is 0.260 e. The lowest BCUT2D eigenvalue weighted by Crippen LogP contribution is -2.58. The summed E-state index contributed by atoms with van der Waals surface area (Å²) in [5, 5.41) is 0. The standard InChI is InChI=1S/C27H37FN2O3/c1-4-5-6-7-16-32-25-12-14-26(15-13-25)33-20-27(31)30-18-21(2)29(17-22(30)3)19-23-8-10-24(28)11-9-23/h8-15,21-22H,4-7,16-20H2,1-3H3/t21-,22+/m0/s1. The molecule has 1 aliphatic rings. The van der Waals surface area contributed by atoms with Crippen molar-refractivity contribution in [1.82, 2.24) is 9.80 Å². The SMILES string of the molecule is CCCCCCOc1ccc(OCC(=O)N2C[C@H](C)N(Cc3ccc(F)cc3)C[C@H]2C)cc1. The maximum atomic E-state index is 13.2. The highest BCUT2D eigenvalue weighted by Crippen LogP contribution is 2.21. The first kappa shape index (κ1) is 25.0. The van der Waals surface area contributed by atoms with E-state index in [1.54, 1.807) is 0 Å². The smallest absolute Gasteiger partial charge is 0.260 e. The Kier molecular flexibility index (Phi) is 9.55. The van der Waals surface area contributed by atoms with Gasteiger partial charge in [0.25, 0.3) is 5.91 Å². The van der Waals surface area contributed by atoms with E-state index in [-0.39, 0.29) is 30.4 Å². The third-order valence-electron chi connectivity index (χ3n) is 6.19. The molecular formula is C27H37FN2O3. The Bertz CT molecular complexity index is 857. The number of amides is 1. The van der Waals surface area contributed by atoms with Crippen molar-refractivity contribution in [2.75, 3.05) is 26.3 Å². The number of nitrogens with zero attached hydrogens (tertiary/aromatic N) is 2. The summed E-state index contributed by atoms with van der Waals surface area (Å²) in [6.45, 7) is 9.29. The monoisotopic (exact) mass is 456 g/mol. The molecule has 0 aromatic heterocycles. The van der Waals surface area contributed by atoms with Gasteiger partial charge in [-0.3, -0.25) is 9.69 Å². The fourth-order valence-corrected chi connectivity index (χ4v) is 4.17. The molecule has 0 spiro atoms. The molecule has 0 N–H and O–H groups in total. The fourth-order valence-electron chi connectivity index (χ4n) is 4.17. The number of hydrogen-bond acceptors (Lipinski definition) is 4. The number of piperazine rings is 1. The summed E-state index contributed by atoms with van der Waals surface area (Å²) in [7, 11) is 0. The Balaban J connectivity index is 1.43. The lowest BCUT2D eigenvalue weighted by atomic mass is 10.1. The van der Waals surface area contributed by atoms with E-state index < -0.39 is 0 Å². The van der Waals surface area contributed by atoms with Gasteiger partial charge in [0.2, 0.25) is 0 Å². The van der Waals surface area contributed by atoms with Crippen molar-refractivity contribution in [2.24, 2.45) is 0 Å². The van der Waals surface area contributed by atoms with Crippen molar-refractivity contribution in [3.05, 3.63) is 59.9 Å². The van der Waals surface area contributed by atoms with Crippen LogP contribution in [0.15, 0.2) is 48.5 Å². The number of halogens is 1. The summed E-state index contributed by atoms with van der Waals surface area (Å²) in [6.07, 6.45) is 4.71. The molecule has 0 aliphatic carbocycles. The van der Waals surface area contributed by atoms with Gasteiger partial charge in [0.15, 0.2) is 6.61 Å². The molecular weight excluding hydrogens is 419 g/mol. The zero-order chi connectivity index (χ0) is 23.6. The highest BCUT2D eigenvalue weighted by molar-refractivity contribution is 5.78. The average molecular weight is 457 g/mol. The van der Waals surface area contributed by atoms with Gasteiger partial charge in [-0.05, 0) is 62.2 Å². The summed E-state index contributed by atoms with van der Waals surface area (Å²) in [6, 6.07) is 14.4. The molecule has 0 bridgehead atoms. The van der Waals surface area contributed by atoms with Crippen LogP contribution in [-0.2, 0) is 11.3 Å². The van der Waals surface area contributed by atoms with Crippen LogP contribution in [-0.4, -0.2) is 54.1 Å². The number of rotatable bonds is 11. The van der Waals surface area contributed by atoms with Gasteiger partial charge in [0.05, 0.1) is 6.61 Å². The van der Waals surface area contributed by atoms with Crippen LogP contribution in [0.2, 0.25) is 0 Å². The maximum absolute atomic E-state index is 13.2. The number of ether oxygens (including phenoxy) is 2. The quantitative estimate of drug-likeness (QED) is 0.431. The van der Waals surface area contributed by atoms with E-state index in [1.165, 1.54) is 31.4 Å². The summed E-state index contributed by atoms with van der Waals surface area (Å²) in [4.78, 5) is 17.1. The number of carbonyl (C=O) groups excluding carboxylic acids is 1. The zero-order valence-corrected chi connectivity index (χ0v) is 20.1. The molecule has 2 aromatic rings. The molecule has 0 unspecified atom stereocenters. The lowest BCUT2D eigenvalue weighted by Gasteiger charge is -2.44. The van der Waals surface area contributed by atoms with E-state index in [2.05, 4.69) is 25.7 Å². The minimum Gasteiger partial charge on any atom is -0.494 e. The molecule has 1 heterocycles. The molecule has 0 radical (unpaired) electrons. The molecule has 180 valence electrons. The third-order valence-corrected chi connectivity index (χ3v) is 6.19. The van der Waals surface area contributed by atoms with Crippen LogP contribution in [0.5, 0.6) is 11.5 Å². The minimum atomic E-state index is -0.222. The van der Waals surface area contributed by atoms with Crippen molar-refractivity contribution in [3.8, 4) is 11.5 Å². The molecule has 3 rings (SSSR count). The number of benzene rings is 2.